The Balaban J connectivity index is 1.72. The van der Waals surface area contributed by atoms with Gasteiger partial charge < -0.3 is 10.6 Å². The minimum absolute atomic E-state index is 0.0890. The number of hydrogen-bond acceptors (Lipinski definition) is 7. The SMILES string of the molecule is CCNc1cc(Nc2ccc(NS(=O)(=O)c3ccc(C#N)cc3)cc2)nc(C)n1. The van der Waals surface area contributed by atoms with Crippen molar-refractivity contribution in [3.05, 3.63) is 66.0 Å². The van der Waals surface area contributed by atoms with Crippen LogP contribution in [0.1, 0.15) is 18.3 Å². The number of rotatable bonds is 7. The second-order valence-electron chi connectivity index (χ2n) is 6.16. The summed E-state index contributed by atoms with van der Waals surface area (Å²) in [5.74, 6) is 2.01. The lowest BCUT2D eigenvalue weighted by molar-refractivity contribution is 0.601. The smallest absolute Gasteiger partial charge is 0.261 e. The van der Waals surface area contributed by atoms with Crippen molar-refractivity contribution in [3.63, 3.8) is 0 Å². The molecular weight excluding hydrogens is 388 g/mol. The summed E-state index contributed by atoms with van der Waals surface area (Å²) in [7, 11) is -3.74. The molecule has 0 aliphatic rings. The normalized spacial score (nSPS) is 10.8. The van der Waals surface area contributed by atoms with Crippen LogP contribution in [0.5, 0.6) is 0 Å². The average Bonchev–Trinajstić information content (AvgIpc) is 2.69. The largest absolute Gasteiger partial charge is 0.370 e. The van der Waals surface area contributed by atoms with E-state index in [4.69, 9.17) is 5.26 Å². The van der Waals surface area contributed by atoms with Gasteiger partial charge in [-0.3, -0.25) is 4.72 Å². The Hall–Kier alpha value is -3.64. The highest BCUT2D eigenvalue weighted by Gasteiger charge is 2.14. The fourth-order valence-corrected chi connectivity index (χ4v) is 3.65. The van der Waals surface area contributed by atoms with Gasteiger partial charge in [-0.05, 0) is 62.4 Å². The number of nitriles is 1. The maximum Gasteiger partial charge on any atom is 0.261 e. The van der Waals surface area contributed by atoms with Crippen LogP contribution >= 0.6 is 0 Å². The number of anilines is 4. The van der Waals surface area contributed by atoms with Crippen LogP contribution in [0.3, 0.4) is 0 Å². The van der Waals surface area contributed by atoms with Crippen LogP contribution in [0.4, 0.5) is 23.0 Å². The van der Waals surface area contributed by atoms with Crippen molar-refractivity contribution < 1.29 is 8.42 Å². The highest BCUT2D eigenvalue weighted by atomic mass is 32.2. The summed E-state index contributed by atoms with van der Waals surface area (Å²) in [4.78, 5) is 8.74. The van der Waals surface area contributed by atoms with Gasteiger partial charge in [0.05, 0.1) is 16.5 Å². The van der Waals surface area contributed by atoms with E-state index in [0.29, 0.717) is 22.9 Å². The molecule has 0 bridgehead atoms. The van der Waals surface area contributed by atoms with Crippen molar-refractivity contribution in [3.8, 4) is 6.07 Å². The van der Waals surface area contributed by atoms with E-state index in [1.165, 1.54) is 24.3 Å². The van der Waals surface area contributed by atoms with E-state index in [0.717, 1.165) is 18.1 Å². The number of aryl methyl sites for hydroxylation is 1. The molecule has 0 saturated carbocycles. The molecule has 0 amide bonds. The van der Waals surface area contributed by atoms with Crippen LogP contribution in [-0.2, 0) is 10.0 Å². The lowest BCUT2D eigenvalue weighted by atomic mass is 10.2. The Morgan fingerprint density at radius 1 is 0.966 bits per heavy atom. The summed E-state index contributed by atoms with van der Waals surface area (Å²) in [5.41, 5.74) is 1.58. The minimum Gasteiger partial charge on any atom is -0.370 e. The predicted molar refractivity (Wildman–Crippen MR) is 113 cm³/mol. The molecular formula is C20H20N6O2S. The number of nitrogens with zero attached hydrogens (tertiary/aromatic N) is 3. The third-order valence-electron chi connectivity index (χ3n) is 3.90. The zero-order chi connectivity index (χ0) is 20.9. The second-order valence-corrected chi connectivity index (χ2v) is 7.84. The summed E-state index contributed by atoms with van der Waals surface area (Å²) in [6.45, 7) is 4.55. The Morgan fingerprint density at radius 3 is 2.21 bits per heavy atom. The maximum atomic E-state index is 12.5. The van der Waals surface area contributed by atoms with Crippen LogP contribution in [-0.4, -0.2) is 24.9 Å². The second kappa shape index (κ2) is 8.58. The molecule has 0 atom stereocenters. The summed E-state index contributed by atoms with van der Waals surface area (Å²) < 4.78 is 27.5. The molecule has 1 heterocycles. The summed E-state index contributed by atoms with van der Waals surface area (Å²) in [5, 5.41) is 15.1. The molecule has 0 fully saturated rings. The summed E-state index contributed by atoms with van der Waals surface area (Å²) in [6, 6.07) is 16.3. The summed E-state index contributed by atoms with van der Waals surface area (Å²) >= 11 is 0. The molecule has 0 aliphatic heterocycles. The predicted octanol–water partition coefficient (Wildman–Crippen LogP) is 3.63. The average molecular weight is 408 g/mol. The lowest BCUT2D eigenvalue weighted by Gasteiger charge is -2.11. The maximum absolute atomic E-state index is 12.5. The molecule has 3 aromatic rings. The van der Waals surface area contributed by atoms with Gasteiger partial charge in [-0.15, -0.1) is 0 Å². The van der Waals surface area contributed by atoms with Crippen molar-refractivity contribution in [2.75, 3.05) is 21.9 Å². The van der Waals surface area contributed by atoms with Crippen molar-refractivity contribution in [2.45, 2.75) is 18.7 Å². The number of hydrogen-bond donors (Lipinski definition) is 3. The molecule has 3 rings (SSSR count). The van der Waals surface area contributed by atoms with E-state index < -0.39 is 10.0 Å². The highest BCUT2D eigenvalue weighted by molar-refractivity contribution is 7.92. The summed E-state index contributed by atoms with van der Waals surface area (Å²) in [6.07, 6.45) is 0. The van der Waals surface area contributed by atoms with E-state index in [-0.39, 0.29) is 4.90 Å². The fourth-order valence-electron chi connectivity index (χ4n) is 2.60. The van der Waals surface area contributed by atoms with Crippen molar-refractivity contribution in [1.82, 2.24) is 9.97 Å². The Morgan fingerprint density at radius 2 is 1.59 bits per heavy atom. The molecule has 2 aromatic carbocycles. The molecule has 148 valence electrons. The van der Waals surface area contributed by atoms with Gasteiger partial charge in [0.25, 0.3) is 10.0 Å². The van der Waals surface area contributed by atoms with Crippen LogP contribution in [0, 0.1) is 18.3 Å². The number of aromatic nitrogens is 2. The molecule has 0 spiro atoms. The quantitative estimate of drug-likeness (QED) is 0.546. The zero-order valence-electron chi connectivity index (χ0n) is 16.0. The molecule has 0 radical (unpaired) electrons. The Labute approximate surface area is 169 Å². The standard InChI is InChI=1S/C20H20N6O2S/c1-3-22-19-12-20(24-14(2)23-19)25-16-6-8-17(9-7-16)26-29(27,28)18-10-4-15(13-21)5-11-18/h4-12,26H,3H2,1-2H3,(H2,22,23,24,25). The molecule has 8 nitrogen and oxygen atoms in total. The fraction of sp³-hybridized carbons (Fsp3) is 0.150. The van der Waals surface area contributed by atoms with Crippen LogP contribution < -0.4 is 15.4 Å². The first kappa shape index (κ1) is 20.1. The molecule has 9 heteroatoms. The van der Waals surface area contributed by atoms with E-state index in [1.807, 2.05) is 19.9 Å². The van der Waals surface area contributed by atoms with Crippen LogP contribution in [0.2, 0.25) is 0 Å². The first-order chi connectivity index (χ1) is 13.9. The zero-order valence-corrected chi connectivity index (χ0v) is 16.8. The van der Waals surface area contributed by atoms with Gasteiger partial charge in [-0.2, -0.15) is 5.26 Å². The molecule has 0 aliphatic carbocycles. The van der Waals surface area contributed by atoms with Crippen molar-refractivity contribution >= 4 is 33.0 Å². The molecule has 29 heavy (non-hydrogen) atoms. The van der Waals surface area contributed by atoms with E-state index in [9.17, 15) is 8.42 Å². The first-order valence-electron chi connectivity index (χ1n) is 8.89. The van der Waals surface area contributed by atoms with E-state index in [2.05, 4.69) is 25.3 Å². The van der Waals surface area contributed by atoms with Gasteiger partial charge >= 0.3 is 0 Å². The van der Waals surface area contributed by atoms with Gasteiger partial charge in [0.2, 0.25) is 0 Å². The van der Waals surface area contributed by atoms with Gasteiger partial charge in [-0.25, -0.2) is 18.4 Å². The molecule has 0 unspecified atom stereocenters. The molecule has 3 N–H and O–H groups in total. The van der Waals surface area contributed by atoms with Crippen molar-refractivity contribution in [1.29, 1.82) is 5.26 Å². The van der Waals surface area contributed by atoms with Crippen LogP contribution in [0.25, 0.3) is 0 Å². The van der Waals surface area contributed by atoms with E-state index >= 15 is 0 Å². The lowest BCUT2D eigenvalue weighted by Crippen LogP contribution is -2.12. The third-order valence-corrected chi connectivity index (χ3v) is 5.30. The Kier molecular flexibility index (Phi) is 5.95. The van der Waals surface area contributed by atoms with Gasteiger partial charge in [0.15, 0.2) is 0 Å². The Bertz CT molecular complexity index is 1140. The van der Waals surface area contributed by atoms with Crippen molar-refractivity contribution in [2.24, 2.45) is 0 Å². The number of sulfonamides is 1. The monoisotopic (exact) mass is 408 g/mol. The minimum atomic E-state index is -3.74. The number of benzene rings is 2. The highest BCUT2D eigenvalue weighted by Crippen LogP contribution is 2.21. The van der Waals surface area contributed by atoms with Gasteiger partial charge in [-0.1, -0.05) is 0 Å². The molecule has 0 saturated heterocycles. The van der Waals surface area contributed by atoms with E-state index in [1.54, 1.807) is 30.3 Å². The topological polar surface area (TPSA) is 120 Å². The van der Waals surface area contributed by atoms with Crippen LogP contribution in [0.15, 0.2) is 59.5 Å². The number of nitrogens with one attached hydrogen (secondary N) is 3. The molecule has 1 aromatic heterocycles. The first-order valence-corrected chi connectivity index (χ1v) is 10.4. The third kappa shape index (κ3) is 5.21. The van der Waals surface area contributed by atoms with Gasteiger partial charge in [0, 0.05) is 24.0 Å². The van der Waals surface area contributed by atoms with Gasteiger partial charge in [0.1, 0.15) is 17.5 Å².